The molecule has 0 fully saturated rings. The molecule has 2 rings (SSSR count). The van der Waals surface area contributed by atoms with Gasteiger partial charge in [0, 0.05) is 11.6 Å². The maximum atomic E-state index is 11.7. The molecule has 0 aliphatic rings. The Morgan fingerprint density at radius 2 is 1.73 bits per heavy atom. The monoisotopic (exact) mass is 319 g/mol. The van der Waals surface area contributed by atoms with Crippen LogP contribution in [0.15, 0.2) is 54.6 Å². The summed E-state index contributed by atoms with van der Waals surface area (Å²) in [6.07, 6.45) is -1.99. The van der Waals surface area contributed by atoms with Crippen molar-refractivity contribution in [1.29, 1.82) is 0 Å². The maximum Gasteiger partial charge on any atom is 0.408 e. The molecule has 0 aromatic heterocycles. The zero-order valence-corrected chi connectivity index (χ0v) is 12.9. The van der Waals surface area contributed by atoms with Gasteiger partial charge in [-0.1, -0.05) is 60.1 Å². The van der Waals surface area contributed by atoms with Crippen LogP contribution in [0.5, 0.6) is 0 Å². The van der Waals surface area contributed by atoms with Gasteiger partial charge in [0.2, 0.25) is 0 Å². The summed E-state index contributed by atoms with van der Waals surface area (Å²) in [7, 11) is 0. The molecule has 2 atom stereocenters. The molecule has 4 nitrogen and oxygen atoms in total. The number of benzene rings is 2. The van der Waals surface area contributed by atoms with Crippen LogP contribution in [0.4, 0.5) is 4.79 Å². The number of carboxylic acid groups (broad SMARTS) is 1. The van der Waals surface area contributed by atoms with E-state index >= 15 is 0 Å². The molecule has 0 spiro atoms. The van der Waals surface area contributed by atoms with Crippen LogP contribution in [0.1, 0.15) is 24.1 Å². The minimum absolute atomic E-state index is 0.178. The molecule has 0 aliphatic heterocycles. The highest BCUT2D eigenvalue weighted by molar-refractivity contribution is 6.31. The van der Waals surface area contributed by atoms with Crippen LogP contribution in [0.3, 0.4) is 0 Å². The van der Waals surface area contributed by atoms with Crippen molar-refractivity contribution < 1.29 is 15.0 Å². The minimum Gasteiger partial charge on any atom is -0.465 e. The van der Waals surface area contributed by atoms with E-state index in [-0.39, 0.29) is 6.54 Å². The molecular weight excluding hydrogens is 302 g/mol. The maximum absolute atomic E-state index is 11.7. The molecule has 2 aromatic rings. The van der Waals surface area contributed by atoms with Gasteiger partial charge >= 0.3 is 6.09 Å². The van der Waals surface area contributed by atoms with E-state index in [1.54, 1.807) is 31.2 Å². The summed E-state index contributed by atoms with van der Waals surface area (Å²) in [5.41, 5.74) is 1.44. The molecule has 0 radical (unpaired) electrons. The van der Waals surface area contributed by atoms with Crippen molar-refractivity contribution in [3.8, 4) is 0 Å². The van der Waals surface area contributed by atoms with E-state index in [9.17, 15) is 15.0 Å². The van der Waals surface area contributed by atoms with Gasteiger partial charge in [-0.05, 0) is 24.1 Å². The first-order valence-corrected chi connectivity index (χ1v) is 7.34. The van der Waals surface area contributed by atoms with Crippen LogP contribution < -0.4 is 0 Å². The van der Waals surface area contributed by atoms with E-state index in [0.29, 0.717) is 10.6 Å². The van der Waals surface area contributed by atoms with E-state index in [2.05, 4.69) is 0 Å². The van der Waals surface area contributed by atoms with Gasteiger partial charge in [-0.15, -0.1) is 0 Å². The zero-order valence-electron chi connectivity index (χ0n) is 12.2. The van der Waals surface area contributed by atoms with Gasteiger partial charge in [-0.25, -0.2) is 4.79 Å². The number of aliphatic hydroxyl groups is 1. The highest BCUT2D eigenvalue weighted by Gasteiger charge is 2.30. The van der Waals surface area contributed by atoms with E-state index in [1.807, 2.05) is 30.3 Å². The highest BCUT2D eigenvalue weighted by Crippen LogP contribution is 2.31. The van der Waals surface area contributed by atoms with Crippen molar-refractivity contribution >= 4 is 17.7 Å². The van der Waals surface area contributed by atoms with E-state index in [4.69, 9.17) is 11.6 Å². The second-order valence-corrected chi connectivity index (χ2v) is 5.51. The minimum atomic E-state index is -1.10. The van der Waals surface area contributed by atoms with Crippen molar-refractivity contribution in [3.63, 3.8) is 0 Å². The van der Waals surface area contributed by atoms with Crippen LogP contribution >= 0.6 is 11.6 Å². The Hall–Kier alpha value is -2.04. The van der Waals surface area contributed by atoms with Gasteiger partial charge < -0.3 is 10.2 Å². The summed E-state index contributed by atoms with van der Waals surface area (Å²) in [6.45, 7) is 1.74. The van der Waals surface area contributed by atoms with Gasteiger partial charge in [-0.2, -0.15) is 0 Å². The topological polar surface area (TPSA) is 60.8 Å². The molecule has 22 heavy (non-hydrogen) atoms. The summed E-state index contributed by atoms with van der Waals surface area (Å²) >= 11 is 6.18. The van der Waals surface area contributed by atoms with Gasteiger partial charge in [0.25, 0.3) is 0 Å². The molecule has 2 N–H and O–H groups in total. The average molecular weight is 320 g/mol. The number of carbonyl (C=O) groups is 1. The lowest BCUT2D eigenvalue weighted by atomic mass is 10.00. The predicted octanol–water partition coefficient (Wildman–Crippen LogP) is 3.94. The van der Waals surface area contributed by atoms with Gasteiger partial charge in [0.15, 0.2) is 0 Å². The number of halogens is 1. The second kappa shape index (κ2) is 7.29. The third-order valence-corrected chi connectivity index (χ3v) is 3.80. The van der Waals surface area contributed by atoms with Gasteiger partial charge in [-0.3, -0.25) is 4.90 Å². The Bertz CT molecular complexity index is 631. The van der Waals surface area contributed by atoms with Crippen LogP contribution in [0, 0.1) is 0 Å². The van der Waals surface area contributed by atoms with E-state index in [1.165, 1.54) is 4.90 Å². The third kappa shape index (κ3) is 3.78. The molecule has 2 unspecified atom stereocenters. The number of nitrogens with zero attached hydrogens (tertiary/aromatic N) is 1. The lowest BCUT2D eigenvalue weighted by Gasteiger charge is -2.32. The lowest BCUT2D eigenvalue weighted by molar-refractivity contribution is 0.0529. The fraction of sp³-hybridized carbons (Fsp3) is 0.235. The van der Waals surface area contributed by atoms with Crippen LogP contribution in [0.2, 0.25) is 5.02 Å². The smallest absolute Gasteiger partial charge is 0.408 e. The van der Waals surface area contributed by atoms with Crippen molar-refractivity contribution in [2.24, 2.45) is 0 Å². The largest absolute Gasteiger partial charge is 0.465 e. The Balaban J connectivity index is 2.39. The van der Waals surface area contributed by atoms with Crippen molar-refractivity contribution in [3.05, 3.63) is 70.7 Å². The summed E-state index contributed by atoms with van der Waals surface area (Å²) in [5.74, 6) is 0. The summed E-state index contributed by atoms with van der Waals surface area (Å²) in [5, 5.41) is 20.1. The molecule has 0 bridgehead atoms. The SMILES string of the molecule is CC(O)C(c1ccccc1Cl)N(Cc1ccccc1)C(=O)O. The first kappa shape index (κ1) is 16.3. The van der Waals surface area contributed by atoms with Crippen molar-refractivity contribution in [2.45, 2.75) is 25.6 Å². The average Bonchev–Trinajstić information content (AvgIpc) is 2.49. The molecule has 116 valence electrons. The summed E-state index contributed by atoms with van der Waals surface area (Å²) in [6, 6.07) is 15.5. The van der Waals surface area contributed by atoms with Crippen LogP contribution in [-0.4, -0.2) is 27.3 Å². The van der Waals surface area contributed by atoms with Gasteiger partial charge in [0.1, 0.15) is 0 Å². The van der Waals surface area contributed by atoms with Crippen molar-refractivity contribution in [1.82, 2.24) is 4.90 Å². The lowest BCUT2D eigenvalue weighted by Crippen LogP contribution is -2.38. The molecule has 0 heterocycles. The highest BCUT2D eigenvalue weighted by atomic mass is 35.5. The number of aliphatic hydroxyl groups excluding tert-OH is 1. The Morgan fingerprint density at radius 3 is 2.27 bits per heavy atom. The molecule has 0 saturated carbocycles. The standard InChI is InChI=1S/C17H18ClNO3/c1-12(20)16(14-9-5-6-10-15(14)18)19(17(21)22)11-13-7-3-2-4-8-13/h2-10,12,16,20H,11H2,1H3,(H,21,22). The van der Waals surface area contributed by atoms with E-state index in [0.717, 1.165) is 5.56 Å². The van der Waals surface area contributed by atoms with Crippen LogP contribution in [0.25, 0.3) is 0 Å². The summed E-state index contributed by atoms with van der Waals surface area (Å²) in [4.78, 5) is 12.9. The number of rotatable bonds is 5. The molecule has 5 heteroatoms. The number of hydrogen-bond donors (Lipinski definition) is 2. The Labute approximate surface area is 134 Å². The quantitative estimate of drug-likeness (QED) is 0.877. The molecule has 2 aromatic carbocycles. The summed E-state index contributed by atoms with van der Waals surface area (Å²) < 4.78 is 0. The first-order chi connectivity index (χ1) is 10.5. The fourth-order valence-corrected chi connectivity index (χ4v) is 2.72. The van der Waals surface area contributed by atoms with E-state index < -0.39 is 18.2 Å². The van der Waals surface area contributed by atoms with Crippen LogP contribution in [-0.2, 0) is 6.54 Å². The Kier molecular flexibility index (Phi) is 5.41. The fourth-order valence-electron chi connectivity index (χ4n) is 2.47. The second-order valence-electron chi connectivity index (χ2n) is 5.10. The Morgan fingerprint density at radius 1 is 1.14 bits per heavy atom. The van der Waals surface area contributed by atoms with Crippen molar-refractivity contribution in [2.75, 3.05) is 0 Å². The number of hydrogen-bond acceptors (Lipinski definition) is 2. The number of amides is 1. The predicted molar refractivity (Wildman–Crippen MR) is 85.9 cm³/mol. The molecule has 0 aliphatic carbocycles. The third-order valence-electron chi connectivity index (χ3n) is 3.46. The molecule has 1 amide bonds. The zero-order chi connectivity index (χ0) is 16.1. The normalized spacial score (nSPS) is 13.4. The molecular formula is C17H18ClNO3. The first-order valence-electron chi connectivity index (χ1n) is 6.96. The molecule has 0 saturated heterocycles. The van der Waals surface area contributed by atoms with Gasteiger partial charge in [0.05, 0.1) is 12.1 Å².